The maximum Gasteiger partial charge on any atom is 0.268 e. The monoisotopic (exact) mass is 442 g/mol. The summed E-state index contributed by atoms with van der Waals surface area (Å²) in [5.41, 5.74) is 2.05. The van der Waals surface area contributed by atoms with Crippen LogP contribution in [0.3, 0.4) is 0 Å². The molecule has 0 fully saturated rings. The summed E-state index contributed by atoms with van der Waals surface area (Å²) in [6.45, 7) is 1.90. The fourth-order valence-corrected chi connectivity index (χ4v) is 5.22. The molecule has 0 unspecified atom stereocenters. The van der Waals surface area contributed by atoms with Gasteiger partial charge in [0.2, 0.25) is 0 Å². The summed E-state index contributed by atoms with van der Waals surface area (Å²) in [4.78, 5) is 15.6. The Labute approximate surface area is 184 Å². The number of para-hydroxylation sites is 1. The lowest BCUT2D eigenvalue weighted by Gasteiger charge is -2.10. The van der Waals surface area contributed by atoms with Crippen molar-refractivity contribution in [3.63, 3.8) is 0 Å². The van der Waals surface area contributed by atoms with Gasteiger partial charge in [0, 0.05) is 10.8 Å². The fourth-order valence-electron chi connectivity index (χ4n) is 3.71. The van der Waals surface area contributed by atoms with Crippen molar-refractivity contribution < 1.29 is 17.9 Å². The molecule has 158 valence electrons. The number of carbonyl (C=O) groups excluding carboxylic acids is 1. The average molecular weight is 442 g/mol. The Bertz CT molecular complexity index is 1570. The van der Waals surface area contributed by atoms with Crippen molar-refractivity contribution in [2.24, 2.45) is 0 Å². The van der Waals surface area contributed by atoms with Crippen LogP contribution in [0.25, 0.3) is 21.8 Å². The smallest absolute Gasteiger partial charge is 0.268 e. The maximum atomic E-state index is 13.6. The first kappa shape index (κ1) is 20.0. The SMILES string of the molecule is Cc1ccc(S(=O)(=O)n2c3ccc(Oc4ccccc4)cc3c3cc(C=O)ncc32)cc1. The highest BCUT2D eigenvalue weighted by Gasteiger charge is 2.24. The highest BCUT2D eigenvalue weighted by Crippen LogP contribution is 2.35. The van der Waals surface area contributed by atoms with E-state index in [1.54, 1.807) is 48.5 Å². The van der Waals surface area contributed by atoms with Gasteiger partial charge in [-0.2, -0.15) is 0 Å². The van der Waals surface area contributed by atoms with Crippen molar-refractivity contribution >= 4 is 38.1 Å². The van der Waals surface area contributed by atoms with Crippen LogP contribution in [0.2, 0.25) is 0 Å². The molecule has 0 radical (unpaired) electrons. The van der Waals surface area contributed by atoms with E-state index in [2.05, 4.69) is 4.98 Å². The van der Waals surface area contributed by atoms with Gasteiger partial charge in [0.1, 0.15) is 17.2 Å². The first-order valence-electron chi connectivity index (χ1n) is 9.92. The zero-order valence-electron chi connectivity index (χ0n) is 17.1. The van der Waals surface area contributed by atoms with Gasteiger partial charge in [0.25, 0.3) is 10.0 Å². The van der Waals surface area contributed by atoms with E-state index in [9.17, 15) is 13.2 Å². The highest BCUT2D eigenvalue weighted by atomic mass is 32.2. The molecule has 6 nitrogen and oxygen atoms in total. The van der Waals surface area contributed by atoms with E-state index in [1.807, 2.05) is 37.3 Å². The number of aldehydes is 1. The molecule has 5 aromatic rings. The van der Waals surface area contributed by atoms with Gasteiger partial charge < -0.3 is 4.74 Å². The van der Waals surface area contributed by atoms with Gasteiger partial charge in [0.05, 0.1) is 22.1 Å². The van der Waals surface area contributed by atoms with Crippen LogP contribution < -0.4 is 4.74 Å². The summed E-state index contributed by atoms with van der Waals surface area (Å²) < 4.78 is 34.4. The molecule has 7 heteroatoms. The van der Waals surface area contributed by atoms with Crippen molar-refractivity contribution in [3.8, 4) is 11.5 Å². The van der Waals surface area contributed by atoms with Gasteiger partial charge in [-0.3, -0.25) is 9.78 Å². The van der Waals surface area contributed by atoms with E-state index >= 15 is 0 Å². The van der Waals surface area contributed by atoms with Gasteiger partial charge in [-0.1, -0.05) is 35.9 Å². The second kappa shape index (κ2) is 7.62. The van der Waals surface area contributed by atoms with E-state index in [-0.39, 0.29) is 10.6 Å². The van der Waals surface area contributed by atoms with Crippen LogP contribution in [0.4, 0.5) is 0 Å². The number of aromatic nitrogens is 2. The Morgan fingerprint density at radius 3 is 2.28 bits per heavy atom. The van der Waals surface area contributed by atoms with Crippen molar-refractivity contribution in [1.82, 2.24) is 8.96 Å². The summed E-state index contributed by atoms with van der Waals surface area (Å²) in [6.07, 6.45) is 2.06. The van der Waals surface area contributed by atoms with Gasteiger partial charge in [-0.15, -0.1) is 0 Å². The van der Waals surface area contributed by atoms with Crippen LogP contribution in [-0.4, -0.2) is 23.7 Å². The molecule has 2 aromatic heterocycles. The molecular weight excluding hydrogens is 424 g/mol. The quantitative estimate of drug-likeness (QED) is 0.343. The van der Waals surface area contributed by atoms with Crippen LogP contribution in [-0.2, 0) is 10.0 Å². The molecule has 0 saturated carbocycles. The fraction of sp³-hybridized carbons (Fsp3) is 0.0400. The molecule has 32 heavy (non-hydrogen) atoms. The molecule has 0 saturated heterocycles. The predicted octanol–water partition coefficient (Wildman–Crippen LogP) is 5.34. The Morgan fingerprint density at radius 1 is 0.844 bits per heavy atom. The minimum atomic E-state index is -3.91. The third kappa shape index (κ3) is 3.33. The molecule has 0 spiro atoms. The Kier molecular flexibility index (Phi) is 4.75. The number of fused-ring (bicyclic) bond motifs is 3. The first-order chi connectivity index (χ1) is 15.5. The summed E-state index contributed by atoms with van der Waals surface area (Å²) in [7, 11) is -3.91. The normalized spacial score (nSPS) is 11.7. The number of aryl methyl sites for hydroxylation is 1. The van der Waals surface area contributed by atoms with Crippen molar-refractivity contribution in [2.45, 2.75) is 11.8 Å². The molecular formula is C25H18N2O4S. The summed E-state index contributed by atoms with van der Waals surface area (Å²) >= 11 is 0. The number of hydrogen-bond donors (Lipinski definition) is 0. The standard InChI is InChI=1S/C25H18N2O4S/c1-17-7-10-21(11-8-17)32(29,30)27-24-12-9-20(31-19-5-3-2-4-6-19)14-23(24)22-13-18(16-28)26-15-25(22)27/h2-16H,1H3. The minimum Gasteiger partial charge on any atom is -0.457 e. The zero-order chi connectivity index (χ0) is 22.3. The number of hydrogen-bond acceptors (Lipinski definition) is 5. The molecule has 0 N–H and O–H groups in total. The molecule has 0 bridgehead atoms. The number of ether oxygens (including phenoxy) is 1. The number of pyridine rings is 1. The largest absolute Gasteiger partial charge is 0.457 e. The predicted molar refractivity (Wildman–Crippen MR) is 123 cm³/mol. The summed E-state index contributed by atoms with van der Waals surface area (Å²) in [6, 6.07) is 22.8. The van der Waals surface area contributed by atoms with E-state index in [1.165, 1.54) is 10.2 Å². The Hall–Kier alpha value is -3.97. The van der Waals surface area contributed by atoms with Crippen LogP contribution in [0.1, 0.15) is 16.1 Å². The van der Waals surface area contributed by atoms with Crippen molar-refractivity contribution in [1.29, 1.82) is 0 Å². The van der Waals surface area contributed by atoms with Gasteiger partial charge >= 0.3 is 0 Å². The molecule has 0 aliphatic heterocycles. The van der Waals surface area contributed by atoms with Crippen LogP contribution in [0, 0.1) is 6.92 Å². The lowest BCUT2D eigenvalue weighted by Crippen LogP contribution is -2.13. The van der Waals surface area contributed by atoms with E-state index in [0.717, 1.165) is 5.56 Å². The minimum absolute atomic E-state index is 0.172. The topological polar surface area (TPSA) is 78.3 Å². The maximum absolute atomic E-state index is 13.6. The van der Waals surface area contributed by atoms with E-state index in [0.29, 0.717) is 39.6 Å². The second-order valence-electron chi connectivity index (χ2n) is 7.42. The average Bonchev–Trinajstić information content (AvgIpc) is 3.13. The number of nitrogens with zero attached hydrogens (tertiary/aromatic N) is 2. The third-order valence-corrected chi connectivity index (χ3v) is 7.00. The Balaban J connectivity index is 1.77. The lowest BCUT2D eigenvalue weighted by molar-refractivity contribution is 0.111. The van der Waals surface area contributed by atoms with Crippen molar-refractivity contribution in [2.75, 3.05) is 0 Å². The third-order valence-electron chi connectivity index (χ3n) is 5.26. The van der Waals surface area contributed by atoms with E-state index < -0.39 is 10.0 Å². The van der Waals surface area contributed by atoms with Crippen molar-refractivity contribution in [3.05, 3.63) is 96.3 Å². The lowest BCUT2D eigenvalue weighted by atomic mass is 10.1. The molecule has 0 amide bonds. The Morgan fingerprint density at radius 2 is 1.56 bits per heavy atom. The molecule has 5 rings (SSSR count). The molecule has 2 heterocycles. The number of carbonyl (C=O) groups is 1. The summed E-state index contributed by atoms with van der Waals surface area (Å²) in [5, 5.41) is 1.25. The zero-order valence-corrected chi connectivity index (χ0v) is 17.9. The first-order valence-corrected chi connectivity index (χ1v) is 11.4. The number of benzene rings is 3. The molecule has 0 aliphatic rings. The highest BCUT2D eigenvalue weighted by molar-refractivity contribution is 7.90. The molecule has 3 aromatic carbocycles. The van der Waals surface area contributed by atoms with Gasteiger partial charge in [-0.25, -0.2) is 12.4 Å². The van der Waals surface area contributed by atoms with Crippen LogP contribution in [0.15, 0.2) is 90.0 Å². The number of rotatable bonds is 5. The van der Waals surface area contributed by atoms with Gasteiger partial charge in [0.15, 0.2) is 6.29 Å². The van der Waals surface area contributed by atoms with E-state index in [4.69, 9.17) is 4.74 Å². The van der Waals surface area contributed by atoms with Crippen LogP contribution >= 0.6 is 0 Å². The molecule has 0 aliphatic carbocycles. The van der Waals surface area contributed by atoms with Gasteiger partial charge in [-0.05, 0) is 55.5 Å². The second-order valence-corrected chi connectivity index (χ2v) is 9.21. The summed E-state index contributed by atoms with van der Waals surface area (Å²) in [5.74, 6) is 1.22. The van der Waals surface area contributed by atoms with Crippen LogP contribution in [0.5, 0.6) is 11.5 Å². The molecule has 0 atom stereocenters.